The number of amides is 2. The Bertz CT molecular complexity index is 1340. The van der Waals surface area contributed by atoms with Crippen LogP contribution in [-0.4, -0.2) is 46.3 Å². The van der Waals surface area contributed by atoms with Gasteiger partial charge in [0.2, 0.25) is 11.8 Å². The summed E-state index contributed by atoms with van der Waals surface area (Å²) in [5.74, 6) is -1.22. The van der Waals surface area contributed by atoms with Gasteiger partial charge in [-0.2, -0.15) is 0 Å². The van der Waals surface area contributed by atoms with E-state index in [4.69, 9.17) is 4.74 Å². The molecule has 196 valence electrons. The van der Waals surface area contributed by atoms with Gasteiger partial charge in [-0.15, -0.1) is 0 Å². The first-order valence-electron chi connectivity index (χ1n) is 12.3. The van der Waals surface area contributed by atoms with Gasteiger partial charge in [-0.1, -0.05) is 36.0 Å². The molecule has 4 rings (SSSR count). The number of nitrogens with one attached hydrogen (secondary N) is 1. The maximum absolute atomic E-state index is 13.4. The van der Waals surface area contributed by atoms with Crippen molar-refractivity contribution in [2.24, 2.45) is 4.99 Å². The van der Waals surface area contributed by atoms with Gasteiger partial charge in [-0.3, -0.25) is 14.5 Å². The number of esters is 1. The van der Waals surface area contributed by atoms with Crippen LogP contribution in [0.15, 0.2) is 77.8 Å². The van der Waals surface area contributed by atoms with Crippen molar-refractivity contribution >= 4 is 46.1 Å². The molecule has 0 spiro atoms. The molecule has 1 aliphatic heterocycles. The largest absolute Gasteiger partial charge is 0.462 e. The Morgan fingerprint density at radius 3 is 2.50 bits per heavy atom. The van der Waals surface area contributed by atoms with Crippen LogP contribution in [0.5, 0.6) is 0 Å². The molecule has 1 heterocycles. The van der Waals surface area contributed by atoms with Crippen LogP contribution in [-0.2, 0) is 20.7 Å². The standard InChI is InChI=1S/C29H28FN3O4S/c1-3-37-28(36)21-9-13-23(14-10-21)32-29-33(16-15-20-7-11-22(30)12-8-20)27(35)25(38-29)18-26(34)31-24-6-4-5-19(2)17-24/h4-14,17,25H,3,15-16,18H2,1-2H3,(H,31,34)/t25-/m0/s1. The van der Waals surface area contributed by atoms with Crippen LogP contribution in [0.25, 0.3) is 0 Å². The minimum absolute atomic E-state index is 0.00862. The maximum Gasteiger partial charge on any atom is 0.338 e. The SMILES string of the molecule is CCOC(=O)c1ccc(N=C2S[C@@H](CC(=O)Nc3cccc(C)c3)C(=O)N2CCc2ccc(F)cc2)cc1. The summed E-state index contributed by atoms with van der Waals surface area (Å²) in [6, 6.07) is 20.2. The molecule has 0 radical (unpaired) electrons. The third-order valence-electron chi connectivity index (χ3n) is 5.83. The van der Waals surface area contributed by atoms with Gasteiger partial charge < -0.3 is 10.1 Å². The summed E-state index contributed by atoms with van der Waals surface area (Å²) in [5, 5.41) is 2.69. The lowest BCUT2D eigenvalue weighted by molar-refractivity contribution is -0.128. The smallest absolute Gasteiger partial charge is 0.338 e. The first kappa shape index (κ1) is 27.1. The van der Waals surface area contributed by atoms with E-state index in [2.05, 4.69) is 10.3 Å². The molecular weight excluding hydrogens is 505 g/mol. The van der Waals surface area contributed by atoms with Crippen LogP contribution in [0.4, 0.5) is 15.8 Å². The molecule has 0 aromatic heterocycles. The van der Waals surface area contributed by atoms with E-state index in [0.717, 1.165) is 11.1 Å². The molecule has 9 heteroatoms. The topological polar surface area (TPSA) is 88.1 Å². The molecule has 3 aromatic carbocycles. The Morgan fingerprint density at radius 2 is 1.82 bits per heavy atom. The van der Waals surface area contributed by atoms with Gasteiger partial charge in [-0.25, -0.2) is 14.2 Å². The highest BCUT2D eigenvalue weighted by molar-refractivity contribution is 8.15. The van der Waals surface area contributed by atoms with Crippen LogP contribution in [0.3, 0.4) is 0 Å². The molecular formula is C29H28FN3O4S. The van der Waals surface area contributed by atoms with E-state index in [1.54, 1.807) is 54.3 Å². The molecule has 3 aromatic rings. The van der Waals surface area contributed by atoms with E-state index >= 15 is 0 Å². The number of aliphatic imine (C=N–C) groups is 1. The van der Waals surface area contributed by atoms with Gasteiger partial charge in [-0.05, 0) is 79.9 Å². The molecule has 2 amide bonds. The average molecular weight is 534 g/mol. The highest BCUT2D eigenvalue weighted by atomic mass is 32.2. The fourth-order valence-corrected chi connectivity index (χ4v) is 5.11. The van der Waals surface area contributed by atoms with Gasteiger partial charge in [0.05, 0.1) is 17.9 Å². The lowest BCUT2D eigenvalue weighted by Gasteiger charge is -2.16. The lowest BCUT2D eigenvalue weighted by Crippen LogP contribution is -2.35. The van der Waals surface area contributed by atoms with E-state index in [0.29, 0.717) is 35.1 Å². The van der Waals surface area contributed by atoms with Gasteiger partial charge >= 0.3 is 5.97 Å². The number of thioether (sulfide) groups is 1. The van der Waals surface area contributed by atoms with Crippen molar-refractivity contribution in [1.82, 2.24) is 4.90 Å². The Balaban J connectivity index is 1.51. The van der Waals surface area contributed by atoms with Crippen molar-refractivity contribution < 1.29 is 23.5 Å². The number of hydrogen-bond donors (Lipinski definition) is 1. The van der Waals surface area contributed by atoms with E-state index in [1.165, 1.54) is 23.9 Å². The van der Waals surface area contributed by atoms with Gasteiger partial charge in [0.15, 0.2) is 5.17 Å². The number of aryl methyl sites for hydroxylation is 1. The van der Waals surface area contributed by atoms with Crippen LogP contribution in [0.1, 0.15) is 34.8 Å². The molecule has 1 N–H and O–H groups in total. The monoisotopic (exact) mass is 533 g/mol. The van der Waals surface area contributed by atoms with Crippen molar-refractivity contribution in [3.05, 3.63) is 95.3 Å². The van der Waals surface area contributed by atoms with Crippen LogP contribution in [0, 0.1) is 12.7 Å². The van der Waals surface area contributed by atoms with Crippen LogP contribution < -0.4 is 5.32 Å². The lowest BCUT2D eigenvalue weighted by atomic mass is 10.1. The predicted molar refractivity (Wildman–Crippen MR) is 147 cm³/mol. The van der Waals surface area contributed by atoms with Gasteiger partial charge in [0.25, 0.3) is 0 Å². The predicted octanol–water partition coefficient (Wildman–Crippen LogP) is 5.51. The Hall–Kier alpha value is -3.98. The summed E-state index contributed by atoms with van der Waals surface area (Å²) < 4.78 is 18.3. The molecule has 38 heavy (non-hydrogen) atoms. The molecule has 1 fully saturated rings. The van der Waals surface area contributed by atoms with E-state index in [-0.39, 0.29) is 30.7 Å². The number of hydrogen-bond acceptors (Lipinski definition) is 6. The van der Waals surface area contributed by atoms with Crippen molar-refractivity contribution in [3.63, 3.8) is 0 Å². The second-order valence-corrected chi connectivity index (χ2v) is 9.93. The summed E-state index contributed by atoms with van der Waals surface area (Å²) in [6.07, 6.45) is 0.487. The number of nitrogens with zero attached hydrogens (tertiary/aromatic N) is 2. The Morgan fingerprint density at radius 1 is 1.08 bits per heavy atom. The fraction of sp³-hybridized carbons (Fsp3) is 0.241. The summed E-state index contributed by atoms with van der Waals surface area (Å²) in [5.41, 5.74) is 3.54. The minimum atomic E-state index is -0.634. The second kappa shape index (κ2) is 12.5. The van der Waals surface area contributed by atoms with Crippen molar-refractivity contribution in [2.45, 2.75) is 31.9 Å². The number of carbonyl (C=O) groups is 3. The van der Waals surface area contributed by atoms with Gasteiger partial charge in [0.1, 0.15) is 11.1 Å². The van der Waals surface area contributed by atoms with Crippen LogP contribution >= 0.6 is 11.8 Å². The number of benzene rings is 3. The van der Waals surface area contributed by atoms with Crippen LogP contribution in [0.2, 0.25) is 0 Å². The summed E-state index contributed by atoms with van der Waals surface area (Å²) in [4.78, 5) is 44.3. The Labute approximate surface area is 225 Å². The minimum Gasteiger partial charge on any atom is -0.462 e. The first-order chi connectivity index (χ1) is 18.3. The number of halogens is 1. The summed E-state index contributed by atoms with van der Waals surface area (Å²) >= 11 is 1.23. The molecule has 0 unspecified atom stereocenters. The number of ether oxygens (including phenoxy) is 1. The maximum atomic E-state index is 13.4. The zero-order valence-electron chi connectivity index (χ0n) is 21.1. The molecule has 1 aliphatic rings. The first-order valence-corrected chi connectivity index (χ1v) is 13.1. The number of amidine groups is 1. The third-order valence-corrected chi connectivity index (χ3v) is 7.01. The third kappa shape index (κ3) is 7.07. The van der Waals surface area contributed by atoms with E-state index in [1.807, 2.05) is 25.1 Å². The van der Waals surface area contributed by atoms with Crippen molar-refractivity contribution in [1.29, 1.82) is 0 Å². The molecule has 7 nitrogen and oxygen atoms in total. The molecule has 0 aliphatic carbocycles. The van der Waals surface area contributed by atoms with E-state index < -0.39 is 11.2 Å². The summed E-state index contributed by atoms with van der Waals surface area (Å²) in [7, 11) is 0. The molecule has 1 atom stereocenters. The normalized spacial score (nSPS) is 16.1. The Kier molecular flexibility index (Phi) is 8.91. The highest BCUT2D eigenvalue weighted by Crippen LogP contribution is 2.32. The highest BCUT2D eigenvalue weighted by Gasteiger charge is 2.39. The second-order valence-electron chi connectivity index (χ2n) is 8.76. The van der Waals surface area contributed by atoms with E-state index in [9.17, 15) is 18.8 Å². The van der Waals surface area contributed by atoms with Crippen molar-refractivity contribution in [2.75, 3.05) is 18.5 Å². The van der Waals surface area contributed by atoms with Crippen molar-refractivity contribution in [3.8, 4) is 0 Å². The average Bonchev–Trinajstić information content (AvgIpc) is 3.17. The van der Waals surface area contributed by atoms with Gasteiger partial charge in [0, 0.05) is 18.7 Å². The zero-order chi connectivity index (χ0) is 27.1. The zero-order valence-corrected chi connectivity index (χ0v) is 22.0. The number of carbonyl (C=O) groups excluding carboxylic acids is 3. The molecule has 0 saturated carbocycles. The summed E-state index contributed by atoms with van der Waals surface area (Å²) in [6.45, 7) is 4.29. The number of anilines is 1. The quantitative estimate of drug-likeness (QED) is 0.366. The molecule has 0 bridgehead atoms. The fourth-order valence-electron chi connectivity index (χ4n) is 3.92. The molecule has 1 saturated heterocycles. The number of rotatable bonds is 9.